The summed E-state index contributed by atoms with van der Waals surface area (Å²) in [4.78, 5) is 29.6. The van der Waals surface area contributed by atoms with Crippen molar-refractivity contribution < 1.29 is 23.5 Å². The molecule has 0 radical (unpaired) electrons. The molecule has 1 aromatic heterocycles. The number of aryl methyl sites for hydroxylation is 1. The Morgan fingerprint density at radius 2 is 1.02 bits per heavy atom. The molecule has 256 valence electrons. The van der Waals surface area contributed by atoms with Crippen LogP contribution in [0.5, 0.6) is 0 Å². The highest BCUT2D eigenvalue weighted by molar-refractivity contribution is 5.70. The Hall–Kier alpha value is -1.89. The zero-order chi connectivity index (χ0) is 32.1. The number of carbonyl (C=O) groups excluding carboxylic acids is 2. The van der Waals surface area contributed by atoms with Gasteiger partial charge in [0, 0.05) is 19.7 Å². The molecular formula is C37H70N3O4+. The van der Waals surface area contributed by atoms with Crippen LogP contribution in [0.15, 0.2) is 12.5 Å². The summed E-state index contributed by atoms with van der Waals surface area (Å²) in [6.07, 6.45) is 30.7. The first-order valence-corrected chi connectivity index (χ1v) is 18.5. The van der Waals surface area contributed by atoms with Crippen LogP contribution in [0.4, 0.5) is 0 Å². The van der Waals surface area contributed by atoms with Crippen LogP contribution < -0.4 is 0 Å². The van der Waals surface area contributed by atoms with Crippen molar-refractivity contribution in [2.75, 3.05) is 39.9 Å². The van der Waals surface area contributed by atoms with Crippen LogP contribution >= 0.6 is 0 Å². The number of imidazole rings is 1. The third-order valence-corrected chi connectivity index (χ3v) is 8.90. The van der Waals surface area contributed by atoms with E-state index in [9.17, 15) is 9.59 Å². The van der Waals surface area contributed by atoms with Gasteiger partial charge in [-0.1, -0.05) is 129 Å². The number of ether oxygens (including phenoxy) is 2. The van der Waals surface area contributed by atoms with Crippen molar-refractivity contribution in [1.29, 1.82) is 0 Å². The van der Waals surface area contributed by atoms with Crippen molar-refractivity contribution in [2.24, 2.45) is 7.05 Å². The quantitative estimate of drug-likeness (QED) is 0.0470. The lowest BCUT2D eigenvalue weighted by Gasteiger charge is -2.34. The van der Waals surface area contributed by atoms with E-state index in [1.165, 1.54) is 103 Å². The van der Waals surface area contributed by atoms with E-state index in [2.05, 4.69) is 25.9 Å². The normalized spacial score (nSPS) is 11.6. The number of hydrogen-bond donors (Lipinski definition) is 0. The third kappa shape index (κ3) is 23.5. The zero-order valence-corrected chi connectivity index (χ0v) is 29.4. The first-order chi connectivity index (χ1) is 21.4. The van der Waals surface area contributed by atoms with Crippen molar-refractivity contribution in [3.8, 4) is 0 Å². The Morgan fingerprint density at radius 1 is 0.636 bits per heavy atom. The average molecular weight is 621 g/mol. The fourth-order valence-electron chi connectivity index (χ4n) is 5.73. The molecule has 0 fully saturated rings. The highest BCUT2D eigenvalue weighted by Gasteiger charge is 2.25. The number of aromatic nitrogens is 2. The Balaban J connectivity index is 2.27. The predicted molar refractivity (Wildman–Crippen MR) is 183 cm³/mol. The molecule has 0 unspecified atom stereocenters. The molecule has 7 nitrogen and oxygen atoms in total. The van der Waals surface area contributed by atoms with Crippen LogP contribution in [0.25, 0.3) is 0 Å². The van der Waals surface area contributed by atoms with E-state index in [1.54, 1.807) is 0 Å². The van der Waals surface area contributed by atoms with Crippen molar-refractivity contribution in [2.45, 2.75) is 162 Å². The number of carbonyl (C=O) groups is 2. The maximum absolute atomic E-state index is 12.6. The first-order valence-electron chi connectivity index (χ1n) is 18.5. The second-order valence-electron chi connectivity index (χ2n) is 13.4. The van der Waals surface area contributed by atoms with Gasteiger partial charge in [-0.25, -0.2) is 4.98 Å². The van der Waals surface area contributed by atoms with Crippen LogP contribution in [0, 0.1) is 0 Å². The summed E-state index contributed by atoms with van der Waals surface area (Å²) in [6, 6.07) is 0. The number of hydrogen-bond acceptors (Lipinski definition) is 5. The molecule has 0 spiro atoms. The summed E-state index contributed by atoms with van der Waals surface area (Å²) in [6.45, 7) is 7.65. The number of esters is 2. The summed E-state index contributed by atoms with van der Waals surface area (Å²) in [7, 11) is 4.11. The number of quaternary nitrogens is 1. The lowest BCUT2D eigenvalue weighted by molar-refractivity contribution is -0.908. The average Bonchev–Trinajstić information content (AvgIpc) is 3.44. The maximum atomic E-state index is 12.6. The Bertz CT molecular complexity index is 783. The zero-order valence-electron chi connectivity index (χ0n) is 29.4. The largest absolute Gasteiger partial charge is 0.466 e. The van der Waals surface area contributed by atoms with E-state index in [4.69, 9.17) is 9.47 Å². The molecule has 0 aliphatic heterocycles. The van der Waals surface area contributed by atoms with Gasteiger partial charge in [0.25, 0.3) is 0 Å². The molecule has 0 saturated heterocycles. The molecule has 0 saturated carbocycles. The highest BCUT2D eigenvalue weighted by atomic mass is 16.5. The fraction of sp³-hybridized carbons (Fsp3) is 0.865. The number of nitrogens with zero attached hydrogens (tertiary/aromatic N) is 3. The van der Waals surface area contributed by atoms with Gasteiger partial charge in [0.15, 0.2) is 0 Å². The number of rotatable bonds is 31. The first kappa shape index (κ1) is 40.1. The number of unbranched alkanes of at least 4 members (excludes halogenated alkanes) is 18. The lowest BCUT2D eigenvalue weighted by atomic mass is 10.1. The standard InChI is InChI=1S/C37H70N3O4/c1-5-7-9-11-13-15-17-19-21-23-31-43-36(41)26-29-40(4,28-25-35-33-39(3)34-38-35)30-27-37(42)44-32-24-22-20-18-16-14-12-10-8-6-2/h33-34H,5-32H2,1-4H3/q+1. The van der Waals surface area contributed by atoms with Crippen LogP contribution in [0.1, 0.15) is 161 Å². The summed E-state index contributed by atoms with van der Waals surface area (Å²) in [5.41, 5.74) is 1.03. The van der Waals surface area contributed by atoms with E-state index in [0.29, 0.717) is 43.6 Å². The smallest absolute Gasteiger partial charge is 0.311 e. The summed E-state index contributed by atoms with van der Waals surface area (Å²) >= 11 is 0. The summed E-state index contributed by atoms with van der Waals surface area (Å²) in [5, 5.41) is 0. The van der Waals surface area contributed by atoms with Gasteiger partial charge < -0.3 is 18.5 Å². The maximum Gasteiger partial charge on any atom is 0.311 e. The molecular weight excluding hydrogens is 550 g/mol. The molecule has 7 heteroatoms. The topological polar surface area (TPSA) is 70.4 Å². The second kappa shape index (κ2) is 27.4. The van der Waals surface area contributed by atoms with Crippen molar-refractivity contribution in [3.63, 3.8) is 0 Å². The van der Waals surface area contributed by atoms with Crippen LogP contribution in [0.2, 0.25) is 0 Å². The van der Waals surface area contributed by atoms with Gasteiger partial charge in [0.1, 0.15) is 0 Å². The van der Waals surface area contributed by atoms with Crippen molar-refractivity contribution >= 4 is 11.9 Å². The second-order valence-corrected chi connectivity index (χ2v) is 13.4. The van der Waals surface area contributed by atoms with E-state index in [1.807, 2.05) is 24.1 Å². The SMILES string of the molecule is CCCCCCCCCCCCOC(=O)CC[N+](C)(CCC(=O)OCCCCCCCCCCCC)CCc1cn(C)cn1. The fourth-order valence-corrected chi connectivity index (χ4v) is 5.73. The van der Waals surface area contributed by atoms with Gasteiger partial charge in [-0.3, -0.25) is 9.59 Å². The Kier molecular flexibility index (Phi) is 25.0. The molecule has 1 rings (SSSR count). The molecule has 0 bridgehead atoms. The minimum Gasteiger partial charge on any atom is -0.466 e. The summed E-state index contributed by atoms with van der Waals surface area (Å²) < 4.78 is 13.7. The highest BCUT2D eigenvalue weighted by Crippen LogP contribution is 2.14. The van der Waals surface area contributed by atoms with Gasteiger partial charge in [-0.2, -0.15) is 0 Å². The molecule has 0 amide bonds. The minimum absolute atomic E-state index is 0.133. The monoisotopic (exact) mass is 621 g/mol. The van der Waals surface area contributed by atoms with Crippen LogP contribution in [-0.4, -0.2) is 65.9 Å². The van der Waals surface area contributed by atoms with Gasteiger partial charge >= 0.3 is 11.9 Å². The van der Waals surface area contributed by atoms with E-state index in [-0.39, 0.29) is 11.9 Å². The third-order valence-electron chi connectivity index (χ3n) is 8.90. The van der Waals surface area contributed by atoms with E-state index in [0.717, 1.165) is 44.3 Å². The van der Waals surface area contributed by atoms with Gasteiger partial charge in [0.2, 0.25) is 0 Å². The molecule has 0 aliphatic rings. The molecule has 0 aromatic carbocycles. The lowest BCUT2D eigenvalue weighted by Crippen LogP contribution is -2.48. The minimum atomic E-state index is -0.133. The van der Waals surface area contributed by atoms with E-state index < -0.39 is 0 Å². The molecule has 44 heavy (non-hydrogen) atoms. The van der Waals surface area contributed by atoms with Crippen molar-refractivity contribution in [1.82, 2.24) is 9.55 Å². The molecule has 0 aliphatic carbocycles. The molecule has 0 N–H and O–H groups in total. The van der Waals surface area contributed by atoms with Gasteiger partial charge in [-0.05, 0) is 12.8 Å². The Morgan fingerprint density at radius 3 is 1.39 bits per heavy atom. The Labute approximate surface area is 271 Å². The van der Waals surface area contributed by atoms with Crippen molar-refractivity contribution in [3.05, 3.63) is 18.2 Å². The van der Waals surface area contributed by atoms with Gasteiger partial charge in [0.05, 0.1) is 64.8 Å². The summed E-state index contributed by atoms with van der Waals surface area (Å²) in [5.74, 6) is -0.265. The van der Waals surface area contributed by atoms with Crippen LogP contribution in [0.3, 0.4) is 0 Å². The number of likely N-dealkylation sites (N-methyl/N-ethyl adjacent to an activating group) is 1. The van der Waals surface area contributed by atoms with Gasteiger partial charge in [-0.15, -0.1) is 0 Å². The molecule has 0 atom stereocenters. The molecule has 1 heterocycles. The van der Waals surface area contributed by atoms with E-state index >= 15 is 0 Å². The molecule has 1 aromatic rings. The van der Waals surface area contributed by atoms with Crippen LogP contribution in [-0.2, 0) is 32.5 Å². The predicted octanol–water partition coefficient (Wildman–Crippen LogP) is 9.12.